The maximum atomic E-state index is 14.0. The highest BCUT2D eigenvalue weighted by Gasteiger charge is 2.30. The van der Waals surface area contributed by atoms with E-state index < -0.39 is 11.7 Å². The molecule has 0 aliphatic heterocycles. The van der Waals surface area contributed by atoms with Gasteiger partial charge in [-0.25, -0.2) is 0 Å². The minimum Gasteiger partial charge on any atom is -0.166 e. The molecule has 0 fully saturated rings. The van der Waals surface area contributed by atoms with Crippen molar-refractivity contribution in [2.24, 2.45) is 0 Å². The molecule has 0 unspecified atom stereocenters. The van der Waals surface area contributed by atoms with Gasteiger partial charge in [0.25, 0.3) is 0 Å². The molecule has 0 aromatic heterocycles. The lowest BCUT2D eigenvalue weighted by molar-refractivity contribution is -0.137. The quantitative estimate of drug-likeness (QED) is 0.123. The van der Waals surface area contributed by atoms with Gasteiger partial charge in [-0.05, 0) is 169 Å². The molecule has 0 spiro atoms. The first-order chi connectivity index (χ1) is 30.0. The number of benzene rings is 11. The van der Waals surface area contributed by atoms with Gasteiger partial charge in [-0.1, -0.05) is 166 Å². The van der Waals surface area contributed by atoms with Crippen LogP contribution in [0.2, 0.25) is 0 Å². The molecule has 0 amide bonds. The Kier molecular flexibility index (Phi) is 8.63. The van der Waals surface area contributed by atoms with E-state index in [9.17, 15) is 13.2 Å². The number of hydrogen-bond acceptors (Lipinski definition) is 0. The van der Waals surface area contributed by atoms with Gasteiger partial charge in [-0.2, -0.15) is 13.2 Å². The minimum atomic E-state index is -4.45. The van der Waals surface area contributed by atoms with Crippen molar-refractivity contribution in [3.63, 3.8) is 0 Å². The molecule has 0 radical (unpaired) electrons. The molecule has 0 aliphatic carbocycles. The molecule has 298 valence electrons. The zero-order valence-corrected chi connectivity index (χ0v) is 34.6. The zero-order valence-electron chi connectivity index (χ0n) is 34.6. The van der Waals surface area contributed by atoms with Crippen LogP contribution in [0.3, 0.4) is 0 Å². The van der Waals surface area contributed by atoms with Gasteiger partial charge in [0, 0.05) is 0 Å². The average molecular weight is 807 g/mol. The average Bonchev–Trinajstić information content (AvgIpc) is 3.29. The van der Waals surface area contributed by atoms with Gasteiger partial charge in [0.15, 0.2) is 0 Å². The fourth-order valence-electron chi connectivity index (χ4n) is 9.66. The molecule has 11 aromatic carbocycles. The van der Waals surface area contributed by atoms with Crippen molar-refractivity contribution in [2.45, 2.75) is 32.4 Å². The van der Waals surface area contributed by atoms with Crippen LogP contribution < -0.4 is 0 Å². The van der Waals surface area contributed by atoms with Gasteiger partial charge < -0.3 is 0 Å². The summed E-state index contributed by atoms with van der Waals surface area (Å²) in [5.74, 6) is 0. The first-order valence-electron chi connectivity index (χ1n) is 21.1. The van der Waals surface area contributed by atoms with Crippen LogP contribution in [0, 0.1) is 0 Å². The SMILES string of the molecule is CC(C)(C)c1ccc(-c2cc(-c3cc4ccccc4c4ccccc34)c3cc4cc(-c5cccc(C(F)(F)F)c5)ccc4c(-c4cc5ccccc5c5ccccc45)c3c2)cc1. The normalized spacial score (nSPS) is 12.4. The maximum Gasteiger partial charge on any atom is 0.416 e. The lowest BCUT2D eigenvalue weighted by Gasteiger charge is -2.21. The summed E-state index contributed by atoms with van der Waals surface area (Å²) in [5, 5.41) is 13.5. The fraction of sp³-hybridized carbons (Fsp3) is 0.0847. The van der Waals surface area contributed by atoms with Crippen molar-refractivity contribution in [2.75, 3.05) is 0 Å². The second kappa shape index (κ2) is 14.2. The van der Waals surface area contributed by atoms with E-state index in [4.69, 9.17) is 0 Å². The number of fused-ring (bicyclic) bond motifs is 8. The summed E-state index contributed by atoms with van der Waals surface area (Å²) in [7, 11) is 0. The Hall–Kier alpha value is -7.23. The summed E-state index contributed by atoms with van der Waals surface area (Å²) in [6, 6.07) is 66.8. The van der Waals surface area contributed by atoms with E-state index in [1.807, 2.05) is 6.07 Å². The molecule has 0 saturated heterocycles. The van der Waals surface area contributed by atoms with Crippen LogP contribution in [0.1, 0.15) is 31.9 Å². The Morgan fingerprint density at radius 2 is 0.823 bits per heavy atom. The Bertz CT molecular complexity index is 3590. The Labute approximate surface area is 358 Å². The molecule has 0 bridgehead atoms. The van der Waals surface area contributed by atoms with E-state index in [2.05, 4.69) is 185 Å². The van der Waals surface area contributed by atoms with Crippen LogP contribution in [0.5, 0.6) is 0 Å². The molecule has 62 heavy (non-hydrogen) atoms. The summed E-state index contributed by atoms with van der Waals surface area (Å²) in [6.45, 7) is 6.72. The Balaban J connectivity index is 1.31. The van der Waals surface area contributed by atoms with Crippen LogP contribution in [-0.4, -0.2) is 0 Å². The Morgan fingerprint density at radius 3 is 1.45 bits per heavy atom. The van der Waals surface area contributed by atoms with Crippen LogP contribution in [0.15, 0.2) is 194 Å². The van der Waals surface area contributed by atoms with Gasteiger partial charge in [0.1, 0.15) is 0 Å². The second-order valence-corrected chi connectivity index (χ2v) is 17.6. The second-order valence-electron chi connectivity index (χ2n) is 17.6. The number of alkyl halides is 3. The highest BCUT2D eigenvalue weighted by Crippen LogP contribution is 2.48. The number of rotatable bonds is 4. The summed E-state index contributed by atoms with van der Waals surface area (Å²) >= 11 is 0. The third-order valence-electron chi connectivity index (χ3n) is 12.8. The fourth-order valence-corrected chi connectivity index (χ4v) is 9.66. The molecule has 0 nitrogen and oxygen atoms in total. The lowest BCUT2D eigenvalue weighted by atomic mass is 9.82. The third-order valence-corrected chi connectivity index (χ3v) is 12.8. The van der Waals surface area contributed by atoms with E-state index >= 15 is 0 Å². The first kappa shape index (κ1) is 37.7. The largest absolute Gasteiger partial charge is 0.416 e. The van der Waals surface area contributed by atoms with Crippen molar-refractivity contribution in [3.05, 3.63) is 205 Å². The molecule has 0 atom stereocenters. The van der Waals surface area contributed by atoms with Crippen molar-refractivity contribution >= 4 is 64.6 Å². The van der Waals surface area contributed by atoms with Crippen molar-refractivity contribution in [1.82, 2.24) is 0 Å². The predicted octanol–water partition coefficient (Wildman–Crippen LogP) is 17.6. The van der Waals surface area contributed by atoms with Crippen LogP contribution >= 0.6 is 0 Å². The standard InChI is InChI=1S/C59H41F3/c1-58(2,3)43-26-23-36(24-27-43)41-33-53(52-31-39-13-4-6-17-45(39)48-19-8-10-21-50(48)52)54-35-42-29-38(37-15-12-16-44(30-37)59(60,61)62)25-28-47(42)57(56(54)34-41)55-32-40-14-5-7-18-46(40)49-20-9-11-22-51(49)55/h4-35H,1-3H3. The van der Waals surface area contributed by atoms with Gasteiger partial charge in [0.2, 0.25) is 0 Å². The summed E-state index contributed by atoms with van der Waals surface area (Å²) in [6.07, 6.45) is -4.45. The van der Waals surface area contributed by atoms with Crippen LogP contribution in [-0.2, 0) is 11.6 Å². The highest BCUT2D eigenvalue weighted by molar-refractivity contribution is 6.25. The molecular formula is C59H41F3. The van der Waals surface area contributed by atoms with E-state index in [0.29, 0.717) is 5.56 Å². The molecule has 11 rings (SSSR count). The van der Waals surface area contributed by atoms with Crippen molar-refractivity contribution in [1.29, 1.82) is 0 Å². The van der Waals surface area contributed by atoms with Crippen molar-refractivity contribution in [3.8, 4) is 44.5 Å². The van der Waals surface area contributed by atoms with Gasteiger partial charge in [-0.3, -0.25) is 0 Å². The van der Waals surface area contributed by atoms with E-state index in [1.165, 1.54) is 39.2 Å². The molecule has 0 N–H and O–H groups in total. The number of halogens is 3. The summed E-state index contributed by atoms with van der Waals surface area (Å²) < 4.78 is 42.1. The zero-order chi connectivity index (χ0) is 42.3. The molecule has 3 heteroatoms. The predicted molar refractivity (Wildman–Crippen MR) is 257 cm³/mol. The molecule has 0 aliphatic rings. The first-order valence-corrected chi connectivity index (χ1v) is 21.1. The van der Waals surface area contributed by atoms with E-state index in [-0.39, 0.29) is 5.41 Å². The van der Waals surface area contributed by atoms with Crippen molar-refractivity contribution < 1.29 is 13.2 Å². The van der Waals surface area contributed by atoms with Crippen LogP contribution in [0.4, 0.5) is 13.2 Å². The van der Waals surface area contributed by atoms with Gasteiger partial charge in [0.05, 0.1) is 5.56 Å². The lowest BCUT2D eigenvalue weighted by Crippen LogP contribution is -2.10. The maximum absolute atomic E-state index is 14.0. The molecular weight excluding hydrogens is 766 g/mol. The van der Waals surface area contributed by atoms with E-state index in [1.54, 1.807) is 6.07 Å². The molecule has 0 saturated carbocycles. The summed E-state index contributed by atoms with van der Waals surface area (Å²) in [4.78, 5) is 0. The Morgan fingerprint density at radius 1 is 0.290 bits per heavy atom. The topological polar surface area (TPSA) is 0 Å². The van der Waals surface area contributed by atoms with Crippen LogP contribution in [0.25, 0.3) is 109 Å². The van der Waals surface area contributed by atoms with E-state index in [0.717, 1.165) is 88.1 Å². The third kappa shape index (κ3) is 6.31. The molecule has 0 heterocycles. The highest BCUT2D eigenvalue weighted by atomic mass is 19.4. The summed E-state index contributed by atoms with van der Waals surface area (Å²) in [5.41, 5.74) is 8.52. The number of hydrogen-bond donors (Lipinski definition) is 0. The monoisotopic (exact) mass is 806 g/mol. The van der Waals surface area contributed by atoms with Gasteiger partial charge >= 0.3 is 6.18 Å². The molecule has 11 aromatic rings. The minimum absolute atomic E-state index is 0.00717. The smallest absolute Gasteiger partial charge is 0.166 e. The van der Waals surface area contributed by atoms with Gasteiger partial charge in [-0.15, -0.1) is 0 Å².